The van der Waals surface area contributed by atoms with E-state index in [4.69, 9.17) is 9.47 Å². The first-order chi connectivity index (χ1) is 5.74. The Morgan fingerprint density at radius 2 is 1.92 bits per heavy atom. The second kappa shape index (κ2) is 2.69. The highest BCUT2D eigenvalue weighted by Crippen LogP contribution is 2.54. The molecule has 0 aromatic carbocycles. The predicted octanol–water partition coefficient (Wildman–Crippen LogP) is 0.766. The van der Waals surface area contributed by atoms with Gasteiger partial charge in [0.05, 0.1) is 6.10 Å². The van der Waals surface area contributed by atoms with Gasteiger partial charge in [0.2, 0.25) is 0 Å². The van der Waals surface area contributed by atoms with Crippen molar-refractivity contribution in [3.8, 4) is 0 Å². The zero-order valence-electron chi connectivity index (χ0n) is 7.62. The number of ether oxygens (including phenoxy) is 2. The minimum atomic E-state index is -0.473. The molecular formula is C9H16O3. The van der Waals surface area contributed by atoms with Gasteiger partial charge in [0.1, 0.15) is 0 Å². The van der Waals surface area contributed by atoms with E-state index in [0.29, 0.717) is 5.92 Å². The van der Waals surface area contributed by atoms with Crippen molar-refractivity contribution in [2.45, 2.75) is 31.2 Å². The first kappa shape index (κ1) is 8.48. The SMILES string of the molecule is COC1(OC)[C@@H]2CC[C@@H]1[C@H](O)C2. The standard InChI is InChI=1S/C9H16O3/c1-11-9(12-2)6-3-4-7(9)8(10)5-6/h6-8,10H,3-5H2,1-2H3/t6-,7-,8-/m1/s1. The van der Waals surface area contributed by atoms with Crippen LogP contribution in [0, 0.1) is 11.8 Å². The molecular weight excluding hydrogens is 156 g/mol. The minimum absolute atomic E-state index is 0.192. The van der Waals surface area contributed by atoms with Crippen LogP contribution in [0.2, 0.25) is 0 Å². The number of rotatable bonds is 2. The van der Waals surface area contributed by atoms with Crippen molar-refractivity contribution in [1.29, 1.82) is 0 Å². The number of hydrogen-bond donors (Lipinski definition) is 1. The molecule has 0 aromatic rings. The molecule has 2 bridgehead atoms. The molecule has 2 rings (SSSR count). The third-order valence-corrected chi connectivity index (χ3v) is 3.54. The molecule has 2 aliphatic carbocycles. The Labute approximate surface area is 72.7 Å². The summed E-state index contributed by atoms with van der Waals surface area (Å²) in [7, 11) is 3.35. The molecule has 0 amide bonds. The fourth-order valence-corrected chi connectivity index (χ4v) is 3.00. The Bertz CT molecular complexity index is 177. The normalized spacial score (nSPS) is 43.8. The predicted molar refractivity (Wildman–Crippen MR) is 43.6 cm³/mol. The summed E-state index contributed by atoms with van der Waals surface area (Å²) in [5.74, 6) is 0.115. The van der Waals surface area contributed by atoms with Crippen LogP contribution in [0.3, 0.4) is 0 Å². The summed E-state index contributed by atoms with van der Waals surface area (Å²) in [6.45, 7) is 0. The number of fused-ring (bicyclic) bond motifs is 2. The molecule has 0 saturated heterocycles. The molecule has 3 nitrogen and oxygen atoms in total. The molecule has 3 heteroatoms. The van der Waals surface area contributed by atoms with Gasteiger partial charge in [-0.1, -0.05) is 0 Å². The molecule has 2 saturated carbocycles. The maximum atomic E-state index is 9.66. The van der Waals surface area contributed by atoms with Gasteiger partial charge >= 0.3 is 0 Å². The van der Waals surface area contributed by atoms with Crippen molar-refractivity contribution in [3.05, 3.63) is 0 Å². The van der Waals surface area contributed by atoms with Crippen LogP contribution in [0.5, 0.6) is 0 Å². The fraction of sp³-hybridized carbons (Fsp3) is 1.00. The van der Waals surface area contributed by atoms with E-state index in [1.165, 1.54) is 0 Å². The quantitative estimate of drug-likeness (QED) is 0.625. The van der Waals surface area contributed by atoms with Gasteiger partial charge in [-0.05, 0) is 19.3 Å². The molecule has 0 unspecified atom stereocenters. The second-order valence-corrected chi connectivity index (χ2v) is 3.81. The Morgan fingerprint density at radius 3 is 2.17 bits per heavy atom. The van der Waals surface area contributed by atoms with Crippen LogP contribution in [0.25, 0.3) is 0 Å². The van der Waals surface area contributed by atoms with E-state index in [-0.39, 0.29) is 12.0 Å². The Morgan fingerprint density at radius 1 is 1.25 bits per heavy atom. The van der Waals surface area contributed by atoms with Crippen LogP contribution in [0.1, 0.15) is 19.3 Å². The van der Waals surface area contributed by atoms with Crippen molar-refractivity contribution in [2.75, 3.05) is 14.2 Å². The fourth-order valence-electron chi connectivity index (χ4n) is 3.00. The number of hydrogen-bond acceptors (Lipinski definition) is 3. The van der Waals surface area contributed by atoms with Crippen molar-refractivity contribution < 1.29 is 14.6 Å². The molecule has 0 radical (unpaired) electrons. The zero-order chi connectivity index (χ0) is 8.77. The van der Waals surface area contributed by atoms with Gasteiger partial charge in [-0.15, -0.1) is 0 Å². The van der Waals surface area contributed by atoms with Crippen molar-refractivity contribution in [1.82, 2.24) is 0 Å². The average Bonchev–Trinajstić information content (AvgIpc) is 2.56. The number of aliphatic hydroxyl groups excluding tert-OH is 1. The molecule has 2 aliphatic rings. The molecule has 0 aliphatic heterocycles. The summed E-state index contributed by atoms with van der Waals surface area (Å²) >= 11 is 0. The Hall–Kier alpha value is -0.120. The van der Waals surface area contributed by atoms with Gasteiger partial charge in [0.15, 0.2) is 5.79 Å². The zero-order valence-corrected chi connectivity index (χ0v) is 7.62. The molecule has 12 heavy (non-hydrogen) atoms. The lowest BCUT2D eigenvalue weighted by molar-refractivity contribution is -0.239. The maximum Gasteiger partial charge on any atom is 0.175 e. The summed E-state index contributed by atoms with van der Waals surface area (Å²) in [4.78, 5) is 0. The van der Waals surface area contributed by atoms with E-state index in [0.717, 1.165) is 19.3 Å². The van der Waals surface area contributed by atoms with Crippen LogP contribution < -0.4 is 0 Å². The Kier molecular flexibility index (Phi) is 1.90. The molecule has 0 heterocycles. The van der Waals surface area contributed by atoms with Gasteiger partial charge < -0.3 is 14.6 Å². The number of methoxy groups -OCH3 is 2. The average molecular weight is 172 g/mol. The van der Waals surface area contributed by atoms with Crippen LogP contribution in [0.4, 0.5) is 0 Å². The van der Waals surface area contributed by atoms with E-state index in [2.05, 4.69) is 0 Å². The molecule has 0 spiro atoms. The van der Waals surface area contributed by atoms with Crippen molar-refractivity contribution >= 4 is 0 Å². The van der Waals surface area contributed by atoms with Gasteiger partial charge in [-0.25, -0.2) is 0 Å². The maximum absolute atomic E-state index is 9.66. The summed E-state index contributed by atoms with van der Waals surface area (Å²) in [5.41, 5.74) is 0. The lowest BCUT2D eigenvalue weighted by Crippen LogP contribution is -2.40. The van der Waals surface area contributed by atoms with Crippen LogP contribution in [-0.2, 0) is 9.47 Å². The van der Waals surface area contributed by atoms with Crippen LogP contribution >= 0.6 is 0 Å². The lowest BCUT2D eigenvalue weighted by Gasteiger charge is -2.31. The van der Waals surface area contributed by atoms with Crippen LogP contribution in [0.15, 0.2) is 0 Å². The van der Waals surface area contributed by atoms with E-state index in [1.54, 1.807) is 14.2 Å². The number of aliphatic hydroxyl groups is 1. The monoisotopic (exact) mass is 172 g/mol. The first-order valence-corrected chi connectivity index (χ1v) is 4.53. The first-order valence-electron chi connectivity index (χ1n) is 4.53. The summed E-state index contributed by atoms with van der Waals surface area (Å²) in [6, 6.07) is 0. The Balaban J connectivity index is 2.26. The van der Waals surface area contributed by atoms with E-state index in [1.807, 2.05) is 0 Å². The van der Waals surface area contributed by atoms with E-state index < -0.39 is 5.79 Å². The molecule has 2 fully saturated rings. The van der Waals surface area contributed by atoms with Crippen LogP contribution in [-0.4, -0.2) is 31.2 Å². The highest BCUT2D eigenvalue weighted by molar-refractivity contribution is 5.04. The van der Waals surface area contributed by atoms with E-state index in [9.17, 15) is 5.11 Å². The molecule has 1 N–H and O–H groups in total. The summed E-state index contributed by atoms with van der Waals surface area (Å²) in [5, 5.41) is 9.66. The smallest absolute Gasteiger partial charge is 0.175 e. The summed E-state index contributed by atoms with van der Waals surface area (Å²) in [6.07, 6.45) is 2.78. The van der Waals surface area contributed by atoms with Gasteiger partial charge in [-0.2, -0.15) is 0 Å². The minimum Gasteiger partial charge on any atom is -0.393 e. The third kappa shape index (κ3) is 0.817. The van der Waals surface area contributed by atoms with Crippen molar-refractivity contribution in [2.24, 2.45) is 11.8 Å². The molecule has 3 atom stereocenters. The third-order valence-electron chi connectivity index (χ3n) is 3.54. The second-order valence-electron chi connectivity index (χ2n) is 3.81. The van der Waals surface area contributed by atoms with Gasteiger partial charge in [-0.3, -0.25) is 0 Å². The van der Waals surface area contributed by atoms with Gasteiger partial charge in [0.25, 0.3) is 0 Å². The topological polar surface area (TPSA) is 38.7 Å². The molecule has 70 valence electrons. The van der Waals surface area contributed by atoms with Crippen molar-refractivity contribution in [3.63, 3.8) is 0 Å². The van der Waals surface area contributed by atoms with Gasteiger partial charge in [0, 0.05) is 26.1 Å². The lowest BCUT2D eigenvalue weighted by atomic mass is 9.98. The largest absolute Gasteiger partial charge is 0.393 e. The highest BCUT2D eigenvalue weighted by Gasteiger charge is 2.60. The molecule has 0 aromatic heterocycles. The van der Waals surface area contributed by atoms with E-state index >= 15 is 0 Å². The highest BCUT2D eigenvalue weighted by atomic mass is 16.7. The summed E-state index contributed by atoms with van der Waals surface area (Å²) < 4.78 is 10.8.